The standard InChI is InChI=1S/C18H15N.C3H6O/c1-4-10-16(11-5-1)19(17-12-6-2-7-13-17)18-14-8-3-9-15-18;1-3(2)4/h1-15H;1-2H3. The molecule has 2 heteroatoms. The molecule has 0 aliphatic rings. The molecular formula is C21H21NO. The summed E-state index contributed by atoms with van der Waals surface area (Å²) in [7, 11) is 0. The van der Waals surface area contributed by atoms with Gasteiger partial charge in [-0.2, -0.15) is 0 Å². The molecule has 0 atom stereocenters. The van der Waals surface area contributed by atoms with Crippen molar-refractivity contribution in [2.75, 3.05) is 4.90 Å². The van der Waals surface area contributed by atoms with E-state index < -0.39 is 0 Å². The van der Waals surface area contributed by atoms with Crippen LogP contribution in [-0.2, 0) is 4.79 Å². The van der Waals surface area contributed by atoms with E-state index in [0.717, 1.165) is 0 Å². The molecule has 0 saturated heterocycles. The number of hydrogen-bond donors (Lipinski definition) is 0. The Bertz CT molecular complexity index is 611. The summed E-state index contributed by atoms with van der Waals surface area (Å²) in [5, 5.41) is 0. The SMILES string of the molecule is CC(C)=O.c1ccc(N(c2ccccc2)c2ccccc2)cc1. The number of anilines is 3. The minimum Gasteiger partial charge on any atom is -0.311 e. The molecule has 0 N–H and O–H groups in total. The third-order valence-corrected chi connectivity index (χ3v) is 3.04. The maximum Gasteiger partial charge on any atom is 0.126 e. The summed E-state index contributed by atoms with van der Waals surface area (Å²) in [6.45, 7) is 3.06. The second kappa shape index (κ2) is 8.54. The first-order chi connectivity index (χ1) is 11.2. The molecule has 0 heterocycles. The van der Waals surface area contributed by atoms with Gasteiger partial charge in [-0.15, -0.1) is 0 Å². The molecule has 3 rings (SSSR count). The molecule has 0 aliphatic heterocycles. The van der Waals surface area contributed by atoms with Crippen molar-refractivity contribution in [2.24, 2.45) is 0 Å². The molecule has 0 aliphatic carbocycles. The molecule has 0 spiro atoms. The topological polar surface area (TPSA) is 20.3 Å². The van der Waals surface area contributed by atoms with Gasteiger partial charge in [-0.3, -0.25) is 0 Å². The molecule has 23 heavy (non-hydrogen) atoms. The van der Waals surface area contributed by atoms with E-state index in [-0.39, 0.29) is 5.78 Å². The lowest BCUT2D eigenvalue weighted by Crippen LogP contribution is -2.09. The van der Waals surface area contributed by atoms with Crippen LogP contribution in [0, 0.1) is 0 Å². The van der Waals surface area contributed by atoms with Crippen LogP contribution in [0.25, 0.3) is 0 Å². The first-order valence-corrected chi connectivity index (χ1v) is 7.61. The minimum atomic E-state index is 0.167. The Morgan fingerprint density at radius 1 is 0.565 bits per heavy atom. The van der Waals surface area contributed by atoms with Crippen molar-refractivity contribution in [1.82, 2.24) is 0 Å². The van der Waals surface area contributed by atoms with Gasteiger partial charge in [0.05, 0.1) is 0 Å². The van der Waals surface area contributed by atoms with Gasteiger partial charge in [0.15, 0.2) is 0 Å². The Morgan fingerprint density at radius 3 is 1.00 bits per heavy atom. The number of Topliss-reactive ketones (excluding diaryl/α,β-unsaturated/α-hetero) is 1. The van der Waals surface area contributed by atoms with Crippen LogP contribution in [0.4, 0.5) is 17.1 Å². The number of nitrogens with zero attached hydrogens (tertiary/aromatic N) is 1. The second-order valence-electron chi connectivity index (χ2n) is 5.25. The third kappa shape index (κ3) is 5.11. The number of para-hydroxylation sites is 3. The lowest BCUT2D eigenvalue weighted by molar-refractivity contribution is -0.114. The first kappa shape index (κ1) is 16.5. The number of rotatable bonds is 3. The largest absolute Gasteiger partial charge is 0.311 e. The van der Waals surface area contributed by atoms with E-state index in [9.17, 15) is 4.79 Å². The fourth-order valence-electron chi connectivity index (χ4n) is 2.18. The summed E-state index contributed by atoms with van der Waals surface area (Å²) in [6.07, 6.45) is 0. The van der Waals surface area contributed by atoms with Crippen LogP contribution in [0.1, 0.15) is 13.8 Å². The van der Waals surface area contributed by atoms with Crippen molar-refractivity contribution in [3.8, 4) is 0 Å². The van der Waals surface area contributed by atoms with Gasteiger partial charge in [0.25, 0.3) is 0 Å². The van der Waals surface area contributed by atoms with E-state index in [2.05, 4.69) is 77.7 Å². The quantitative estimate of drug-likeness (QED) is 0.614. The maximum atomic E-state index is 9.44. The monoisotopic (exact) mass is 303 g/mol. The first-order valence-electron chi connectivity index (χ1n) is 7.61. The van der Waals surface area contributed by atoms with Crippen molar-refractivity contribution in [2.45, 2.75) is 13.8 Å². The highest BCUT2D eigenvalue weighted by molar-refractivity contribution is 5.76. The summed E-state index contributed by atoms with van der Waals surface area (Å²) >= 11 is 0. The highest BCUT2D eigenvalue weighted by Crippen LogP contribution is 2.33. The van der Waals surface area contributed by atoms with Crippen molar-refractivity contribution >= 4 is 22.8 Å². The second-order valence-corrected chi connectivity index (χ2v) is 5.25. The number of benzene rings is 3. The Morgan fingerprint density at radius 2 is 0.783 bits per heavy atom. The molecule has 0 aromatic heterocycles. The van der Waals surface area contributed by atoms with Crippen molar-refractivity contribution < 1.29 is 4.79 Å². The summed E-state index contributed by atoms with van der Waals surface area (Å²) < 4.78 is 0. The Labute approximate surface area is 138 Å². The molecule has 3 aromatic carbocycles. The lowest BCUT2D eigenvalue weighted by Gasteiger charge is -2.25. The average Bonchev–Trinajstić information content (AvgIpc) is 2.58. The third-order valence-electron chi connectivity index (χ3n) is 3.04. The van der Waals surface area contributed by atoms with Crippen LogP contribution in [-0.4, -0.2) is 5.78 Å². The molecule has 3 aromatic rings. The predicted molar refractivity (Wildman–Crippen MR) is 97.5 cm³/mol. The van der Waals surface area contributed by atoms with Crippen LogP contribution < -0.4 is 4.90 Å². The van der Waals surface area contributed by atoms with Gasteiger partial charge >= 0.3 is 0 Å². The molecule has 0 saturated carbocycles. The zero-order chi connectivity index (χ0) is 16.5. The fraction of sp³-hybridized carbons (Fsp3) is 0.0952. The molecule has 0 unspecified atom stereocenters. The van der Waals surface area contributed by atoms with Crippen molar-refractivity contribution in [1.29, 1.82) is 0 Å². The Balaban J connectivity index is 0.000000433. The molecule has 0 radical (unpaired) electrons. The van der Waals surface area contributed by atoms with Gasteiger partial charge in [-0.05, 0) is 50.2 Å². The Kier molecular flexibility index (Phi) is 6.13. The average molecular weight is 303 g/mol. The zero-order valence-corrected chi connectivity index (χ0v) is 13.5. The molecule has 2 nitrogen and oxygen atoms in total. The van der Waals surface area contributed by atoms with Crippen molar-refractivity contribution in [3.05, 3.63) is 91.0 Å². The fourth-order valence-corrected chi connectivity index (χ4v) is 2.18. The molecule has 0 amide bonds. The maximum absolute atomic E-state index is 9.44. The van der Waals surface area contributed by atoms with Gasteiger partial charge in [-0.25, -0.2) is 0 Å². The van der Waals surface area contributed by atoms with Gasteiger partial charge in [0, 0.05) is 17.1 Å². The van der Waals surface area contributed by atoms with E-state index >= 15 is 0 Å². The molecular weight excluding hydrogens is 282 g/mol. The Hall–Kier alpha value is -2.87. The number of carbonyl (C=O) groups excluding carboxylic acids is 1. The van der Waals surface area contributed by atoms with Crippen LogP contribution in [0.15, 0.2) is 91.0 Å². The summed E-state index contributed by atoms with van der Waals surface area (Å²) in [5.41, 5.74) is 3.50. The predicted octanol–water partition coefficient (Wildman–Crippen LogP) is 5.75. The summed E-state index contributed by atoms with van der Waals surface area (Å²) in [5.74, 6) is 0.167. The highest BCUT2D eigenvalue weighted by atomic mass is 16.1. The molecule has 0 bridgehead atoms. The van der Waals surface area contributed by atoms with Gasteiger partial charge < -0.3 is 9.69 Å². The van der Waals surface area contributed by atoms with E-state index in [1.807, 2.05) is 18.2 Å². The van der Waals surface area contributed by atoms with Crippen LogP contribution in [0.2, 0.25) is 0 Å². The normalized spacial score (nSPS) is 9.48. The molecule has 116 valence electrons. The van der Waals surface area contributed by atoms with E-state index in [1.165, 1.54) is 30.9 Å². The summed E-state index contributed by atoms with van der Waals surface area (Å²) in [4.78, 5) is 11.7. The van der Waals surface area contributed by atoms with Crippen molar-refractivity contribution in [3.63, 3.8) is 0 Å². The molecule has 0 fully saturated rings. The van der Waals surface area contributed by atoms with Gasteiger partial charge in [0.1, 0.15) is 5.78 Å². The number of carbonyl (C=O) groups is 1. The lowest BCUT2D eigenvalue weighted by atomic mass is 10.2. The van der Waals surface area contributed by atoms with Gasteiger partial charge in [-0.1, -0.05) is 54.6 Å². The minimum absolute atomic E-state index is 0.167. The number of hydrogen-bond acceptors (Lipinski definition) is 2. The van der Waals surface area contributed by atoms with Crippen LogP contribution in [0.5, 0.6) is 0 Å². The zero-order valence-electron chi connectivity index (χ0n) is 13.5. The van der Waals surface area contributed by atoms with Gasteiger partial charge in [0.2, 0.25) is 0 Å². The van der Waals surface area contributed by atoms with E-state index in [0.29, 0.717) is 0 Å². The highest BCUT2D eigenvalue weighted by Gasteiger charge is 2.10. The summed E-state index contributed by atoms with van der Waals surface area (Å²) in [6, 6.07) is 31.3. The smallest absolute Gasteiger partial charge is 0.126 e. The van der Waals surface area contributed by atoms with Crippen LogP contribution in [0.3, 0.4) is 0 Å². The number of ketones is 1. The van der Waals surface area contributed by atoms with E-state index in [4.69, 9.17) is 0 Å². The van der Waals surface area contributed by atoms with Crippen LogP contribution >= 0.6 is 0 Å². The van der Waals surface area contributed by atoms with E-state index in [1.54, 1.807) is 0 Å².